The molecular weight excluding hydrogens is 597 g/mol. The minimum absolute atomic E-state index is 0.0471. The number of piperidine rings is 1. The summed E-state index contributed by atoms with van der Waals surface area (Å²) in [6, 6.07) is 15.5. The van der Waals surface area contributed by atoms with Crippen LogP contribution >= 0.6 is 0 Å². The molecule has 2 saturated heterocycles. The molecule has 2 aromatic heterocycles. The third-order valence-electron chi connectivity index (χ3n) is 10.3. The molecule has 1 saturated carbocycles. The number of methoxy groups -OCH3 is 1. The number of nitrogens with zero attached hydrogens (tertiary/aromatic N) is 6. The first-order chi connectivity index (χ1) is 22.9. The number of aromatic nitrogens is 3. The number of anilines is 2. The van der Waals surface area contributed by atoms with E-state index in [4.69, 9.17) is 9.72 Å². The Morgan fingerprint density at radius 2 is 1.68 bits per heavy atom. The smallest absolute Gasteiger partial charge is 0.261 e. The first kappa shape index (κ1) is 31.5. The molecule has 4 heterocycles. The Hall–Kier alpha value is -4.06. The second kappa shape index (κ2) is 13.6. The van der Waals surface area contributed by atoms with Crippen molar-refractivity contribution in [2.24, 2.45) is 0 Å². The number of fused-ring (bicyclic) bond motifs is 1. The highest BCUT2D eigenvalue weighted by atomic mass is 19.1. The Labute approximate surface area is 275 Å². The lowest BCUT2D eigenvalue weighted by Crippen LogP contribution is -2.52. The van der Waals surface area contributed by atoms with E-state index in [-0.39, 0.29) is 23.4 Å². The maximum absolute atomic E-state index is 15.9. The molecule has 0 radical (unpaired) electrons. The molecule has 10 nitrogen and oxygen atoms in total. The van der Waals surface area contributed by atoms with Crippen molar-refractivity contribution in [2.75, 3.05) is 63.6 Å². The van der Waals surface area contributed by atoms with E-state index < -0.39 is 11.7 Å². The molecule has 0 atom stereocenters. The molecule has 3 fully saturated rings. The molecule has 7 rings (SSSR count). The summed E-state index contributed by atoms with van der Waals surface area (Å²) in [4.78, 5) is 30.4. The summed E-state index contributed by atoms with van der Waals surface area (Å²) in [7, 11) is 3.72. The van der Waals surface area contributed by atoms with Crippen LogP contribution in [0.5, 0.6) is 5.75 Å². The number of rotatable bonds is 7. The highest BCUT2D eigenvalue weighted by molar-refractivity contribution is 6.05. The molecule has 4 aromatic rings. The standard InChI is InChI=1S/C36H44FN7O3/c1-41-19-21-43(22-20-41)24-14-17-42(18-15-24)26-9-12-31-30(23-26)39-36(44(31)25-7-10-27(45)11-8-25)40-35(46)29-13-16-38-34(33(29)37)28-5-3-4-6-32(28)47-2/h3-6,9,12-13,16,23-25,27,45H,7-8,10-11,14-15,17-22H2,1-2H3,(H,39,40,46). The van der Waals surface area contributed by atoms with Crippen LogP contribution < -0.4 is 15.0 Å². The van der Waals surface area contributed by atoms with Crippen molar-refractivity contribution in [3.8, 4) is 17.0 Å². The molecule has 0 bridgehead atoms. The number of aliphatic hydroxyl groups is 1. The van der Waals surface area contributed by atoms with Crippen molar-refractivity contribution in [1.82, 2.24) is 24.3 Å². The minimum Gasteiger partial charge on any atom is -0.496 e. The first-order valence-corrected chi connectivity index (χ1v) is 16.9. The number of carbonyl (C=O) groups is 1. The van der Waals surface area contributed by atoms with Gasteiger partial charge in [-0.15, -0.1) is 0 Å². The van der Waals surface area contributed by atoms with E-state index in [2.05, 4.69) is 54.8 Å². The van der Waals surface area contributed by atoms with Gasteiger partial charge in [0.05, 0.1) is 29.8 Å². The number of halogens is 1. The second-order valence-corrected chi connectivity index (χ2v) is 13.2. The maximum atomic E-state index is 15.9. The molecule has 0 spiro atoms. The van der Waals surface area contributed by atoms with Gasteiger partial charge in [-0.1, -0.05) is 12.1 Å². The Kier molecular flexibility index (Phi) is 9.11. The number of piperazine rings is 1. The summed E-state index contributed by atoms with van der Waals surface area (Å²) < 4.78 is 23.4. The van der Waals surface area contributed by atoms with Gasteiger partial charge in [-0.05, 0) is 82.0 Å². The molecule has 248 valence electrons. The molecule has 1 amide bonds. The molecule has 2 N–H and O–H groups in total. The highest BCUT2D eigenvalue weighted by Gasteiger charge is 2.29. The van der Waals surface area contributed by atoms with Crippen molar-refractivity contribution in [2.45, 2.75) is 56.7 Å². The fraction of sp³-hybridized carbons (Fsp3) is 0.472. The SMILES string of the molecule is COc1ccccc1-c1nccc(C(=O)Nc2nc3cc(N4CCC(N5CCN(C)CC5)CC4)ccc3n2C2CCC(O)CC2)c1F. The normalized spacial score (nSPS) is 21.7. The summed E-state index contributed by atoms with van der Waals surface area (Å²) >= 11 is 0. The number of benzene rings is 2. The van der Waals surface area contributed by atoms with Crippen LogP contribution in [0.2, 0.25) is 0 Å². The number of pyridine rings is 1. The molecule has 2 aromatic carbocycles. The quantitative estimate of drug-likeness (QED) is 0.285. The lowest BCUT2D eigenvalue weighted by molar-refractivity contribution is 0.0982. The van der Waals surface area contributed by atoms with Crippen LogP contribution in [-0.4, -0.2) is 101 Å². The summed E-state index contributed by atoms with van der Waals surface area (Å²) in [5.74, 6) is -0.468. The van der Waals surface area contributed by atoms with Crippen LogP contribution in [0.4, 0.5) is 16.0 Å². The van der Waals surface area contributed by atoms with Crippen LogP contribution in [0.15, 0.2) is 54.7 Å². The second-order valence-electron chi connectivity index (χ2n) is 13.2. The minimum atomic E-state index is -0.722. The van der Waals surface area contributed by atoms with Gasteiger partial charge in [0.15, 0.2) is 5.82 Å². The summed E-state index contributed by atoms with van der Waals surface area (Å²) in [6.45, 7) is 6.53. The zero-order valence-corrected chi connectivity index (χ0v) is 27.2. The molecule has 0 unspecified atom stereocenters. The van der Waals surface area contributed by atoms with Gasteiger partial charge < -0.3 is 24.2 Å². The molecular formula is C36H44FN7O3. The average Bonchev–Trinajstić information content (AvgIpc) is 3.46. The van der Waals surface area contributed by atoms with Crippen LogP contribution in [0.3, 0.4) is 0 Å². The number of imidazole rings is 1. The molecule has 1 aliphatic carbocycles. The van der Waals surface area contributed by atoms with E-state index in [1.807, 2.05) is 0 Å². The molecule has 3 aliphatic rings. The zero-order valence-electron chi connectivity index (χ0n) is 27.2. The van der Waals surface area contributed by atoms with Crippen LogP contribution in [-0.2, 0) is 0 Å². The fourth-order valence-electron chi connectivity index (χ4n) is 7.55. The predicted molar refractivity (Wildman–Crippen MR) is 182 cm³/mol. The third-order valence-corrected chi connectivity index (χ3v) is 10.3. The number of carbonyl (C=O) groups excluding carboxylic acids is 1. The van der Waals surface area contributed by atoms with Gasteiger partial charge in [-0.25, -0.2) is 9.37 Å². The van der Waals surface area contributed by atoms with E-state index in [1.165, 1.54) is 19.4 Å². The van der Waals surface area contributed by atoms with E-state index in [9.17, 15) is 9.90 Å². The number of ether oxygens (including phenoxy) is 1. The third kappa shape index (κ3) is 6.44. The Bertz CT molecular complexity index is 1720. The van der Waals surface area contributed by atoms with E-state index >= 15 is 4.39 Å². The summed E-state index contributed by atoms with van der Waals surface area (Å²) in [5, 5.41) is 13.2. The molecule has 47 heavy (non-hydrogen) atoms. The number of para-hydroxylation sites is 1. The molecule has 11 heteroatoms. The largest absolute Gasteiger partial charge is 0.496 e. The lowest BCUT2D eigenvalue weighted by Gasteiger charge is -2.42. The number of aliphatic hydroxyl groups excluding tert-OH is 1. The van der Waals surface area contributed by atoms with Crippen LogP contribution in [0.1, 0.15) is 54.9 Å². The number of nitrogens with one attached hydrogen (secondary N) is 1. The van der Waals surface area contributed by atoms with E-state index in [0.29, 0.717) is 36.1 Å². The van der Waals surface area contributed by atoms with Gasteiger partial charge in [-0.3, -0.25) is 20.0 Å². The van der Waals surface area contributed by atoms with Gasteiger partial charge in [0, 0.05) is 68.8 Å². The van der Waals surface area contributed by atoms with Gasteiger partial charge in [0.2, 0.25) is 5.95 Å². The first-order valence-electron chi connectivity index (χ1n) is 16.9. The number of likely N-dealkylation sites (N-methyl/N-ethyl adjacent to an activating group) is 1. The van der Waals surface area contributed by atoms with E-state index in [0.717, 1.165) is 81.7 Å². The van der Waals surface area contributed by atoms with Crippen LogP contribution in [0.25, 0.3) is 22.3 Å². The highest BCUT2D eigenvalue weighted by Crippen LogP contribution is 2.37. The van der Waals surface area contributed by atoms with Crippen molar-refractivity contribution in [3.63, 3.8) is 0 Å². The molecule has 2 aliphatic heterocycles. The van der Waals surface area contributed by atoms with E-state index in [1.54, 1.807) is 24.3 Å². The summed E-state index contributed by atoms with van der Waals surface area (Å²) in [6.07, 6.45) is 6.27. The van der Waals surface area contributed by atoms with Crippen molar-refractivity contribution < 1.29 is 19.0 Å². The maximum Gasteiger partial charge on any atom is 0.261 e. The topological polar surface area (TPSA) is 99.0 Å². The van der Waals surface area contributed by atoms with Crippen molar-refractivity contribution in [3.05, 3.63) is 66.1 Å². The average molecular weight is 642 g/mol. The Balaban J connectivity index is 1.15. The van der Waals surface area contributed by atoms with Crippen molar-refractivity contribution in [1.29, 1.82) is 0 Å². The van der Waals surface area contributed by atoms with Gasteiger partial charge in [0.1, 0.15) is 11.4 Å². The van der Waals surface area contributed by atoms with Gasteiger partial charge in [-0.2, -0.15) is 0 Å². The van der Waals surface area contributed by atoms with Gasteiger partial charge in [0.25, 0.3) is 5.91 Å². The van der Waals surface area contributed by atoms with Gasteiger partial charge >= 0.3 is 0 Å². The predicted octanol–water partition coefficient (Wildman–Crippen LogP) is 5.19. The number of hydrogen-bond donors (Lipinski definition) is 2. The van der Waals surface area contributed by atoms with Crippen molar-refractivity contribution >= 4 is 28.6 Å². The zero-order chi connectivity index (χ0) is 32.5. The lowest BCUT2D eigenvalue weighted by atomic mass is 9.93. The summed E-state index contributed by atoms with van der Waals surface area (Å²) in [5.41, 5.74) is 3.22. The number of hydrogen-bond acceptors (Lipinski definition) is 8. The monoisotopic (exact) mass is 641 g/mol. The Morgan fingerprint density at radius 1 is 0.936 bits per heavy atom. The fourth-order valence-corrected chi connectivity index (χ4v) is 7.55. The number of amides is 1. The van der Waals surface area contributed by atoms with Crippen LogP contribution in [0, 0.1) is 5.82 Å². The Morgan fingerprint density at radius 3 is 2.43 bits per heavy atom.